The zero-order valence-electron chi connectivity index (χ0n) is 13.6. The molecule has 6 unspecified atom stereocenters. The Morgan fingerprint density at radius 3 is 2.57 bits per heavy atom. The minimum atomic E-state index is -0.0495. The molecule has 4 nitrogen and oxygen atoms in total. The van der Waals surface area contributed by atoms with Crippen LogP contribution in [0.2, 0.25) is 0 Å². The van der Waals surface area contributed by atoms with Crippen molar-refractivity contribution >= 4 is 11.8 Å². The lowest BCUT2D eigenvalue weighted by atomic mass is 9.66. The maximum Gasteiger partial charge on any atom is 0.309 e. The molecule has 0 bridgehead atoms. The topological polar surface area (TPSA) is 52.6 Å². The van der Waals surface area contributed by atoms with E-state index in [1.807, 2.05) is 0 Å². The number of ether oxygens (including phenoxy) is 2. The van der Waals surface area contributed by atoms with E-state index in [-0.39, 0.29) is 36.5 Å². The van der Waals surface area contributed by atoms with Crippen LogP contribution in [0, 0.1) is 23.7 Å². The Hall–Kier alpha value is -0.900. The molecule has 0 spiro atoms. The molecule has 0 radical (unpaired) electrons. The molecular formula is C17H28O4. The van der Waals surface area contributed by atoms with Gasteiger partial charge in [-0.15, -0.1) is 0 Å². The third-order valence-electron chi connectivity index (χ3n) is 5.39. The number of carbonyl (C=O) groups excluding carboxylic acids is 2. The first-order valence-corrected chi connectivity index (χ1v) is 8.29. The van der Waals surface area contributed by atoms with Gasteiger partial charge in [-0.2, -0.15) is 0 Å². The van der Waals surface area contributed by atoms with Gasteiger partial charge in [-0.3, -0.25) is 9.59 Å². The molecule has 1 aliphatic carbocycles. The molecule has 4 heteroatoms. The number of carbonyl (C=O) groups is 2. The first-order chi connectivity index (χ1) is 9.97. The maximum absolute atomic E-state index is 12.1. The van der Waals surface area contributed by atoms with Gasteiger partial charge in [-0.1, -0.05) is 27.2 Å². The first-order valence-electron chi connectivity index (χ1n) is 8.29. The minimum absolute atomic E-state index is 0.0324. The largest absolute Gasteiger partial charge is 0.462 e. The third-order valence-corrected chi connectivity index (χ3v) is 5.39. The molecule has 1 saturated heterocycles. The maximum atomic E-state index is 12.1. The molecule has 0 amide bonds. The van der Waals surface area contributed by atoms with Crippen molar-refractivity contribution in [3.05, 3.63) is 0 Å². The lowest BCUT2D eigenvalue weighted by molar-refractivity contribution is -0.186. The predicted molar refractivity (Wildman–Crippen MR) is 79.8 cm³/mol. The van der Waals surface area contributed by atoms with Gasteiger partial charge in [0.05, 0.1) is 12.0 Å². The smallest absolute Gasteiger partial charge is 0.309 e. The molecule has 1 saturated carbocycles. The van der Waals surface area contributed by atoms with Crippen molar-refractivity contribution in [1.82, 2.24) is 0 Å². The van der Waals surface area contributed by atoms with Crippen molar-refractivity contribution in [2.75, 3.05) is 6.61 Å². The van der Waals surface area contributed by atoms with Crippen molar-refractivity contribution in [2.45, 2.75) is 65.6 Å². The highest BCUT2D eigenvalue weighted by Crippen LogP contribution is 2.45. The zero-order valence-corrected chi connectivity index (χ0v) is 13.6. The van der Waals surface area contributed by atoms with E-state index in [0.29, 0.717) is 17.8 Å². The number of esters is 1. The number of rotatable bonds is 5. The van der Waals surface area contributed by atoms with Crippen LogP contribution in [0.15, 0.2) is 0 Å². The highest BCUT2D eigenvalue weighted by molar-refractivity contribution is 5.76. The van der Waals surface area contributed by atoms with Crippen LogP contribution in [0.25, 0.3) is 0 Å². The van der Waals surface area contributed by atoms with Crippen LogP contribution < -0.4 is 0 Å². The van der Waals surface area contributed by atoms with Gasteiger partial charge in [0.2, 0.25) is 0 Å². The van der Waals surface area contributed by atoms with Crippen LogP contribution in [0.1, 0.15) is 53.4 Å². The molecule has 1 aliphatic heterocycles. The summed E-state index contributed by atoms with van der Waals surface area (Å²) in [7, 11) is 0. The van der Waals surface area contributed by atoms with Gasteiger partial charge in [-0.25, -0.2) is 0 Å². The van der Waals surface area contributed by atoms with Crippen molar-refractivity contribution in [3.63, 3.8) is 0 Å². The number of hydrogen-bond acceptors (Lipinski definition) is 4. The Labute approximate surface area is 127 Å². The second-order valence-corrected chi connectivity index (χ2v) is 6.70. The Bertz CT molecular complexity index is 392. The van der Waals surface area contributed by atoms with Gasteiger partial charge in [-0.05, 0) is 37.5 Å². The van der Waals surface area contributed by atoms with E-state index >= 15 is 0 Å². The molecule has 0 aromatic heterocycles. The van der Waals surface area contributed by atoms with Crippen LogP contribution in [-0.2, 0) is 19.1 Å². The molecule has 120 valence electrons. The predicted octanol–water partition coefficient (Wildman–Crippen LogP) is 2.98. The normalized spacial score (nSPS) is 39.5. The molecule has 2 fully saturated rings. The third kappa shape index (κ3) is 3.47. The summed E-state index contributed by atoms with van der Waals surface area (Å²) >= 11 is 0. The van der Waals surface area contributed by atoms with Gasteiger partial charge in [0.1, 0.15) is 12.7 Å². The molecule has 0 aromatic rings. The lowest BCUT2D eigenvalue weighted by Crippen LogP contribution is -2.51. The summed E-state index contributed by atoms with van der Waals surface area (Å²) in [5.41, 5.74) is 0. The van der Waals surface area contributed by atoms with Gasteiger partial charge >= 0.3 is 5.97 Å². The van der Waals surface area contributed by atoms with E-state index in [1.165, 1.54) is 0 Å². The number of ketones is 1. The fraction of sp³-hybridized carbons (Fsp3) is 0.882. The average molecular weight is 296 g/mol. The quantitative estimate of drug-likeness (QED) is 0.732. The summed E-state index contributed by atoms with van der Waals surface area (Å²) < 4.78 is 11.5. The van der Waals surface area contributed by atoms with E-state index in [9.17, 15) is 9.59 Å². The van der Waals surface area contributed by atoms with Crippen LogP contribution in [0.5, 0.6) is 0 Å². The Morgan fingerprint density at radius 2 is 2.00 bits per heavy atom. The standard InChI is InChI=1S/C17H28O4/c1-5-12-7-14-11(4)13(6-2)17(19)21-16(14)8-15(12)20-9-10(3)18/h11-16H,5-9H2,1-4H3. The van der Waals surface area contributed by atoms with E-state index in [1.54, 1.807) is 6.92 Å². The Morgan fingerprint density at radius 1 is 1.29 bits per heavy atom. The Kier molecular flexibility index (Phi) is 5.42. The molecule has 2 aliphatic rings. The van der Waals surface area contributed by atoms with Gasteiger partial charge in [0.15, 0.2) is 5.78 Å². The van der Waals surface area contributed by atoms with Crippen molar-refractivity contribution in [3.8, 4) is 0 Å². The second-order valence-electron chi connectivity index (χ2n) is 6.70. The highest BCUT2D eigenvalue weighted by atomic mass is 16.5. The molecule has 0 aromatic carbocycles. The molecular weight excluding hydrogens is 268 g/mol. The summed E-state index contributed by atoms with van der Waals surface area (Å²) in [5, 5.41) is 0. The van der Waals surface area contributed by atoms with Crippen LogP contribution in [0.3, 0.4) is 0 Å². The van der Waals surface area contributed by atoms with Crippen molar-refractivity contribution in [2.24, 2.45) is 23.7 Å². The zero-order chi connectivity index (χ0) is 15.6. The van der Waals surface area contributed by atoms with Crippen LogP contribution in [-0.4, -0.2) is 30.6 Å². The van der Waals surface area contributed by atoms with Gasteiger partial charge in [0.25, 0.3) is 0 Å². The van der Waals surface area contributed by atoms with Gasteiger partial charge < -0.3 is 9.47 Å². The summed E-state index contributed by atoms with van der Waals surface area (Å²) in [6, 6.07) is 0. The molecule has 2 rings (SSSR count). The number of hydrogen-bond donors (Lipinski definition) is 0. The summed E-state index contributed by atoms with van der Waals surface area (Å²) in [6.07, 6.45) is 3.68. The van der Waals surface area contributed by atoms with Crippen molar-refractivity contribution in [1.29, 1.82) is 0 Å². The highest BCUT2D eigenvalue weighted by Gasteiger charge is 2.48. The van der Waals surface area contributed by atoms with Crippen LogP contribution >= 0.6 is 0 Å². The SMILES string of the molecule is CCC1CC2C(CC1OCC(C)=O)OC(=O)C(CC)C2C. The number of fused-ring (bicyclic) bond motifs is 1. The number of Topliss-reactive ketones (excluding diaryl/α,β-unsaturated/α-hetero) is 1. The molecule has 0 N–H and O–H groups in total. The summed E-state index contributed by atoms with van der Waals surface area (Å²) in [4.78, 5) is 23.2. The summed E-state index contributed by atoms with van der Waals surface area (Å²) in [6.45, 7) is 8.13. The Balaban J connectivity index is 2.07. The first kappa shape index (κ1) is 16.5. The van der Waals surface area contributed by atoms with Crippen LogP contribution in [0.4, 0.5) is 0 Å². The fourth-order valence-electron chi connectivity index (χ4n) is 4.08. The van der Waals surface area contributed by atoms with E-state index in [0.717, 1.165) is 25.7 Å². The van der Waals surface area contributed by atoms with Crippen molar-refractivity contribution < 1.29 is 19.1 Å². The molecule has 21 heavy (non-hydrogen) atoms. The monoisotopic (exact) mass is 296 g/mol. The summed E-state index contributed by atoms with van der Waals surface area (Å²) in [5.74, 6) is 1.32. The molecule has 1 heterocycles. The fourth-order valence-corrected chi connectivity index (χ4v) is 4.08. The van der Waals surface area contributed by atoms with Gasteiger partial charge in [0, 0.05) is 6.42 Å². The minimum Gasteiger partial charge on any atom is -0.462 e. The average Bonchev–Trinajstić information content (AvgIpc) is 2.44. The van der Waals surface area contributed by atoms with E-state index in [2.05, 4.69) is 20.8 Å². The van der Waals surface area contributed by atoms with E-state index < -0.39 is 0 Å². The lowest BCUT2D eigenvalue weighted by Gasteiger charge is -2.47. The molecule has 6 atom stereocenters. The van der Waals surface area contributed by atoms with E-state index in [4.69, 9.17) is 9.47 Å². The second kappa shape index (κ2) is 6.91.